The van der Waals surface area contributed by atoms with Crippen LogP contribution in [0.3, 0.4) is 0 Å². The van der Waals surface area contributed by atoms with Crippen molar-refractivity contribution in [3.8, 4) is 0 Å². The number of imidazole rings is 1. The first-order valence-electron chi connectivity index (χ1n) is 9.92. The monoisotopic (exact) mass is 415 g/mol. The van der Waals surface area contributed by atoms with E-state index in [0.717, 1.165) is 5.56 Å². The van der Waals surface area contributed by atoms with Crippen LogP contribution in [0.5, 0.6) is 0 Å². The van der Waals surface area contributed by atoms with E-state index in [1.165, 1.54) is 6.33 Å². The number of nitrogens with two attached hydrogens (primary N) is 1. The van der Waals surface area contributed by atoms with Gasteiger partial charge in [-0.1, -0.05) is 50.6 Å². The molecule has 0 saturated heterocycles. The number of carboxylic acid groups (broad SMARTS) is 1. The molecule has 0 spiro atoms. The molecular weight excluding hydrogens is 386 g/mol. The molecule has 9 nitrogen and oxygen atoms in total. The lowest BCUT2D eigenvalue weighted by molar-refractivity contribution is -0.142. The van der Waals surface area contributed by atoms with E-state index < -0.39 is 35.9 Å². The fraction of sp³-hybridized carbons (Fsp3) is 0.429. The van der Waals surface area contributed by atoms with E-state index in [1.54, 1.807) is 30.5 Å². The van der Waals surface area contributed by atoms with Gasteiger partial charge >= 0.3 is 5.97 Å². The summed E-state index contributed by atoms with van der Waals surface area (Å²) >= 11 is 0. The molecule has 4 unspecified atom stereocenters. The van der Waals surface area contributed by atoms with Crippen molar-refractivity contribution >= 4 is 17.8 Å². The number of rotatable bonds is 11. The molecule has 9 heteroatoms. The zero-order chi connectivity index (χ0) is 22.1. The minimum Gasteiger partial charge on any atom is -0.480 e. The first-order chi connectivity index (χ1) is 14.3. The lowest BCUT2D eigenvalue weighted by atomic mass is 9.98. The van der Waals surface area contributed by atoms with Crippen LogP contribution in [-0.2, 0) is 27.2 Å². The number of carbonyl (C=O) groups is 3. The van der Waals surface area contributed by atoms with Crippen LogP contribution in [0.1, 0.15) is 31.5 Å². The summed E-state index contributed by atoms with van der Waals surface area (Å²) in [5, 5.41) is 14.8. The van der Waals surface area contributed by atoms with Gasteiger partial charge in [-0.05, 0) is 11.5 Å². The van der Waals surface area contributed by atoms with Gasteiger partial charge in [0.1, 0.15) is 12.1 Å². The molecule has 0 aliphatic carbocycles. The van der Waals surface area contributed by atoms with Gasteiger partial charge in [0.05, 0.1) is 12.4 Å². The largest absolute Gasteiger partial charge is 0.480 e. The molecule has 30 heavy (non-hydrogen) atoms. The average Bonchev–Trinajstić information content (AvgIpc) is 3.25. The van der Waals surface area contributed by atoms with Crippen LogP contribution >= 0.6 is 0 Å². The highest BCUT2D eigenvalue weighted by Crippen LogP contribution is 2.08. The molecule has 1 heterocycles. The number of hydrogen-bond acceptors (Lipinski definition) is 5. The molecule has 0 bridgehead atoms. The van der Waals surface area contributed by atoms with Gasteiger partial charge in [-0.3, -0.25) is 9.59 Å². The third kappa shape index (κ3) is 6.70. The highest BCUT2D eigenvalue weighted by atomic mass is 16.4. The number of nitrogens with zero attached hydrogens (tertiary/aromatic N) is 1. The van der Waals surface area contributed by atoms with Gasteiger partial charge in [-0.15, -0.1) is 0 Å². The van der Waals surface area contributed by atoms with E-state index in [1.807, 2.05) is 19.9 Å². The second kappa shape index (κ2) is 11.1. The molecule has 1 aromatic carbocycles. The lowest BCUT2D eigenvalue weighted by Gasteiger charge is -2.24. The molecule has 0 aliphatic heterocycles. The first kappa shape index (κ1) is 23.1. The summed E-state index contributed by atoms with van der Waals surface area (Å²) in [4.78, 5) is 43.9. The number of carbonyl (C=O) groups excluding carboxylic acids is 2. The van der Waals surface area contributed by atoms with E-state index >= 15 is 0 Å². The summed E-state index contributed by atoms with van der Waals surface area (Å²) in [6, 6.07) is 6.10. The first-order valence-corrected chi connectivity index (χ1v) is 9.92. The molecule has 2 rings (SSSR count). The van der Waals surface area contributed by atoms with Crippen LogP contribution in [0.15, 0.2) is 42.9 Å². The fourth-order valence-electron chi connectivity index (χ4n) is 2.93. The number of hydrogen-bond donors (Lipinski definition) is 5. The van der Waals surface area contributed by atoms with Crippen LogP contribution in [0, 0.1) is 5.92 Å². The summed E-state index contributed by atoms with van der Waals surface area (Å²) in [5.74, 6) is -2.28. The highest BCUT2D eigenvalue weighted by Gasteiger charge is 2.29. The number of aromatic nitrogens is 2. The van der Waals surface area contributed by atoms with Gasteiger partial charge < -0.3 is 26.5 Å². The molecule has 0 radical (unpaired) electrons. The summed E-state index contributed by atoms with van der Waals surface area (Å²) in [7, 11) is 0. The van der Waals surface area contributed by atoms with Gasteiger partial charge in [-0.25, -0.2) is 9.78 Å². The van der Waals surface area contributed by atoms with Crippen molar-refractivity contribution in [1.29, 1.82) is 0 Å². The molecular formula is C21H29N5O4. The van der Waals surface area contributed by atoms with Gasteiger partial charge in [0.25, 0.3) is 0 Å². The Kier molecular flexibility index (Phi) is 8.54. The smallest absolute Gasteiger partial charge is 0.326 e. The SMILES string of the molecule is CCC(C)C(N)C(=O)NC(Cc1cnc[nH]1)C(=O)NC(Cc1ccccc1)C(=O)O. The third-order valence-corrected chi connectivity index (χ3v) is 5.07. The van der Waals surface area contributed by atoms with E-state index in [2.05, 4.69) is 20.6 Å². The normalized spacial score (nSPS) is 14.9. The molecule has 1 aromatic heterocycles. The Hall–Kier alpha value is -3.20. The number of benzene rings is 1. The molecule has 6 N–H and O–H groups in total. The number of nitrogens with one attached hydrogen (secondary N) is 3. The molecule has 4 atom stereocenters. The Bertz CT molecular complexity index is 825. The Labute approximate surface area is 175 Å². The summed E-state index contributed by atoms with van der Waals surface area (Å²) in [6.45, 7) is 3.78. The number of H-pyrrole nitrogens is 1. The van der Waals surface area contributed by atoms with Crippen LogP contribution in [-0.4, -0.2) is 51.0 Å². The van der Waals surface area contributed by atoms with E-state index in [4.69, 9.17) is 5.73 Å². The van der Waals surface area contributed by atoms with Crippen molar-refractivity contribution in [3.05, 3.63) is 54.1 Å². The Morgan fingerprint density at radius 1 is 1.10 bits per heavy atom. The number of aliphatic carboxylic acids is 1. The van der Waals surface area contributed by atoms with E-state index in [-0.39, 0.29) is 18.8 Å². The Morgan fingerprint density at radius 3 is 2.33 bits per heavy atom. The highest BCUT2D eigenvalue weighted by molar-refractivity contribution is 5.92. The predicted molar refractivity (Wildman–Crippen MR) is 111 cm³/mol. The molecule has 2 amide bonds. The van der Waals surface area contributed by atoms with Gasteiger partial charge in [0, 0.05) is 24.7 Å². The number of carboxylic acids is 1. The van der Waals surface area contributed by atoms with Gasteiger partial charge in [-0.2, -0.15) is 0 Å². The van der Waals surface area contributed by atoms with Crippen LogP contribution in [0.4, 0.5) is 0 Å². The third-order valence-electron chi connectivity index (χ3n) is 5.07. The predicted octanol–water partition coefficient (Wildman–Crippen LogP) is 0.623. The Morgan fingerprint density at radius 2 is 1.77 bits per heavy atom. The van der Waals surface area contributed by atoms with Crippen molar-refractivity contribution in [3.63, 3.8) is 0 Å². The second-order valence-electron chi connectivity index (χ2n) is 7.34. The number of aromatic amines is 1. The van der Waals surface area contributed by atoms with Gasteiger partial charge in [0.15, 0.2) is 0 Å². The summed E-state index contributed by atoms with van der Waals surface area (Å²) in [6.07, 6.45) is 3.97. The fourth-order valence-corrected chi connectivity index (χ4v) is 2.93. The standard InChI is InChI=1S/C21H29N5O4/c1-3-13(2)18(22)20(28)25-16(10-15-11-23-12-24-15)19(27)26-17(21(29)30)9-14-7-5-4-6-8-14/h4-8,11-13,16-18H,3,9-10,22H2,1-2H3,(H,23,24)(H,25,28)(H,26,27)(H,29,30). The topological polar surface area (TPSA) is 150 Å². The zero-order valence-corrected chi connectivity index (χ0v) is 17.2. The molecule has 0 saturated carbocycles. The van der Waals surface area contributed by atoms with Gasteiger partial charge in [0.2, 0.25) is 11.8 Å². The minimum absolute atomic E-state index is 0.0642. The second-order valence-corrected chi connectivity index (χ2v) is 7.34. The quantitative estimate of drug-likeness (QED) is 0.363. The maximum atomic E-state index is 12.9. The summed E-state index contributed by atoms with van der Waals surface area (Å²) < 4.78 is 0. The van der Waals surface area contributed by atoms with Crippen molar-refractivity contribution in [2.24, 2.45) is 11.7 Å². The maximum absolute atomic E-state index is 12.9. The zero-order valence-electron chi connectivity index (χ0n) is 17.2. The van der Waals surface area contributed by atoms with Crippen molar-refractivity contribution in [1.82, 2.24) is 20.6 Å². The molecule has 0 fully saturated rings. The maximum Gasteiger partial charge on any atom is 0.326 e. The van der Waals surface area contributed by atoms with Crippen LogP contribution in [0.25, 0.3) is 0 Å². The number of amides is 2. The van der Waals surface area contributed by atoms with E-state index in [0.29, 0.717) is 12.1 Å². The molecule has 162 valence electrons. The average molecular weight is 415 g/mol. The minimum atomic E-state index is -1.16. The molecule has 0 aliphatic rings. The van der Waals surface area contributed by atoms with Crippen LogP contribution in [0.2, 0.25) is 0 Å². The van der Waals surface area contributed by atoms with Crippen LogP contribution < -0.4 is 16.4 Å². The van der Waals surface area contributed by atoms with Crippen molar-refractivity contribution < 1.29 is 19.5 Å². The van der Waals surface area contributed by atoms with Crippen molar-refractivity contribution in [2.45, 2.75) is 51.2 Å². The summed E-state index contributed by atoms with van der Waals surface area (Å²) in [5.41, 5.74) is 7.39. The molecule has 2 aromatic rings. The van der Waals surface area contributed by atoms with Crippen molar-refractivity contribution in [2.75, 3.05) is 0 Å². The lowest BCUT2D eigenvalue weighted by Crippen LogP contribution is -2.56. The Balaban J connectivity index is 2.13. The van der Waals surface area contributed by atoms with E-state index in [9.17, 15) is 19.5 Å².